The van der Waals surface area contributed by atoms with Gasteiger partial charge in [0, 0.05) is 49.8 Å². The van der Waals surface area contributed by atoms with Gasteiger partial charge in [-0.1, -0.05) is 0 Å². The number of nitrogens with zero attached hydrogens (tertiary/aromatic N) is 2. The standard InChI is InChI=1S/C22H28N4O5/c1-22(2,3)31-21(30)25-10-13(11-25)9-23-15-4-5-16-14(8-15)12-26(20(16)29)17-6-7-18(27)24-19(17)28/h4-5,8,13,17,23H,6-7,9-12H2,1-3H3,(H,24,27,28). The van der Waals surface area contributed by atoms with E-state index < -0.39 is 17.6 Å². The molecule has 0 aliphatic carbocycles. The molecule has 0 aromatic heterocycles. The van der Waals surface area contributed by atoms with Crippen molar-refractivity contribution in [1.29, 1.82) is 0 Å². The number of anilines is 1. The number of amides is 4. The van der Waals surface area contributed by atoms with Crippen molar-refractivity contribution in [3.05, 3.63) is 29.3 Å². The topological polar surface area (TPSA) is 108 Å². The third-order valence-electron chi connectivity index (χ3n) is 5.73. The quantitative estimate of drug-likeness (QED) is 0.707. The second-order valence-corrected chi connectivity index (χ2v) is 9.40. The third-order valence-corrected chi connectivity index (χ3v) is 5.73. The lowest BCUT2D eigenvalue weighted by molar-refractivity contribution is -0.136. The van der Waals surface area contributed by atoms with Crippen LogP contribution in [0.15, 0.2) is 18.2 Å². The van der Waals surface area contributed by atoms with Crippen LogP contribution in [0, 0.1) is 5.92 Å². The first-order valence-corrected chi connectivity index (χ1v) is 10.6. The normalized spacial score (nSPS) is 21.5. The Morgan fingerprint density at radius 3 is 2.65 bits per heavy atom. The zero-order valence-corrected chi connectivity index (χ0v) is 18.1. The van der Waals surface area contributed by atoms with Crippen molar-refractivity contribution in [2.45, 2.75) is 51.8 Å². The lowest BCUT2D eigenvalue weighted by Crippen LogP contribution is -2.53. The number of carbonyl (C=O) groups excluding carboxylic acids is 4. The first-order valence-electron chi connectivity index (χ1n) is 10.6. The molecule has 3 aliphatic heterocycles. The molecule has 166 valence electrons. The van der Waals surface area contributed by atoms with Gasteiger partial charge in [-0.25, -0.2) is 4.79 Å². The molecule has 1 atom stereocenters. The fourth-order valence-corrected chi connectivity index (χ4v) is 4.12. The van der Waals surface area contributed by atoms with E-state index in [1.165, 1.54) is 0 Å². The monoisotopic (exact) mass is 428 g/mol. The Morgan fingerprint density at radius 2 is 1.97 bits per heavy atom. The van der Waals surface area contributed by atoms with Crippen molar-refractivity contribution < 1.29 is 23.9 Å². The number of ether oxygens (including phenoxy) is 1. The molecule has 0 saturated carbocycles. The summed E-state index contributed by atoms with van der Waals surface area (Å²) < 4.78 is 5.37. The predicted octanol–water partition coefficient (Wildman–Crippen LogP) is 1.73. The molecule has 0 spiro atoms. The molecule has 4 rings (SSSR count). The minimum absolute atomic E-state index is 0.178. The Labute approximate surface area is 181 Å². The number of piperidine rings is 1. The summed E-state index contributed by atoms with van der Waals surface area (Å²) in [7, 11) is 0. The summed E-state index contributed by atoms with van der Waals surface area (Å²) in [5, 5.41) is 5.69. The summed E-state index contributed by atoms with van der Waals surface area (Å²) in [4.78, 5) is 51.5. The van der Waals surface area contributed by atoms with Crippen molar-refractivity contribution in [2.75, 3.05) is 25.0 Å². The van der Waals surface area contributed by atoms with E-state index in [1.54, 1.807) is 15.9 Å². The highest BCUT2D eigenvalue weighted by molar-refractivity contribution is 6.05. The van der Waals surface area contributed by atoms with Gasteiger partial charge in [0.25, 0.3) is 5.91 Å². The van der Waals surface area contributed by atoms with Crippen LogP contribution in [-0.4, -0.2) is 64.9 Å². The van der Waals surface area contributed by atoms with Crippen LogP contribution >= 0.6 is 0 Å². The van der Waals surface area contributed by atoms with Crippen molar-refractivity contribution >= 4 is 29.5 Å². The lowest BCUT2D eigenvalue weighted by atomic mass is 10.0. The number of hydrogen-bond acceptors (Lipinski definition) is 6. The Bertz CT molecular complexity index is 932. The van der Waals surface area contributed by atoms with Crippen LogP contribution in [0.1, 0.15) is 49.5 Å². The van der Waals surface area contributed by atoms with Crippen LogP contribution in [0.2, 0.25) is 0 Å². The molecule has 0 bridgehead atoms. The molecule has 1 unspecified atom stereocenters. The maximum atomic E-state index is 12.7. The van der Waals surface area contributed by atoms with Crippen LogP contribution < -0.4 is 10.6 Å². The van der Waals surface area contributed by atoms with Crippen molar-refractivity contribution in [3.63, 3.8) is 0 Å². The molecule has 9 heteroatoms. The van der Waals surface area contributed by atoms with Gasteiger partial charge in [-0.15, -0.1) is 0 Å². The van der Waals surface area contributed by atoms with Crippen LogP contribution in [0.5, 0.6) is 0 Å². The number of rotatable bonds is 4. The number of carbonyl (C=O) groups is 4. The average molecular weight is 428 g/mol. The van der Waals surface area contributed by atoms with Gasteiger partial charge in [-0.05, 0) is 51.0 Å². The lowest BCUT2D eigenvalue weighted by Gasteiger charge is -2.40. The number of nitrogens with one attached hydrogen (secondary N) is 2. The first-order chi connectivity index (χ1) is 14.6. The number of benzene rings is 1. The molecule has 2 fully saturated rings. The molecule has 2 saturated heterocycles. The fourth-order valence-electron chi connectivity index (χ4n) is 4.12. The Balaban J connectivity index is 1.30. The molecule has 1 aromatic rings. The van der Waals surface area contributed by atoms with E-state index in [1.807, 2.05) is 32.9 Å². The minimum Gasteiger partial charge on any atom is -0.444 e. The summed E-state index contributed by atoms with van der Waals surface area (Å²) in [6.45, 7) is 7.91. The number of fused-ring (bicyclic) bond motifs is 1. The fraction of sp³-hybridized carbons (Fsp3) is 0.545. The maximum absolute atomic E-state index is 12.7. The van der Waals surface area contributed by atoms with Gasteiger partial charge < -0.3 is 19.9 Å². The van der Waals surface area contributed by atoms with Gasteiger partial charge in [0.05, 0.1) is 0 Å². The molecular formula is C22H28N4O5. The molecule has 31 heavy (non-hydrogen) atoms. The Hall–Kier alpha value is -3.10. The Morgan fingerprint density at radius 1 is 1.23 bits per heavy atom. The van der Waals surface area contributed by atoms with Gasteiger partial charge >= 0.3 is 6.09 Å². The van der Waals surface area contributed by atoms with Crippen molar-refractivity contribution in [1.82, 2.24) is 15.1 Å². The van der Waals surface area contributed by atoms with E-state index in [0.717, 1.165) is 11.3 Å². The summed E-state index contributed by atoms with van der Waals surface area (Å²) in [5.41, 5.74) is 1.86. The Kier molecular flexibility index (Phi) is 5.36. The van der Waals surface area contributed by atoms with E-state index in [2.05, 4.69) is 10.6 Å². The molecule has 3 aliphatic rings. The molecule has 2 N–H and O–H groups in total. The number of hydrogen-bond donors (Lipinski definition) is 2. The smallest absolute Gasteiger partial charge is 0.410 e. The average Bonchev–Trinajstić information content (AvgIpc) is 2.95. The van der Waals surface area contributed by atoms with Crippen molar-refractivity contribution in [3.8, 4) is 0 Å². The zero-order valence-electron chi connectivity index (χ0n) is 18.1. The summed E-state index contributed by atoms with van der Waals surface area (Å²) >= 11 is 0. The van der Waals surface area contributed by atoms with Gasteiger partial charge in [0.15, 0.2) is 0 Å². The minimum atomic E-state index is -0.608. The maximum Gasteiger partial charge on any atom is 0.410 e. The van der Waals surface area contributed by atoms with E-state index >= 15 is 0 Å². The SMILES string of the molecule is CC(C)(C)OC(=O)N1CC(CNc2ccc3c(c2)CN(C2CCC(=O)NC2=O)C3=O)C1. The van der Waals surface area contributed by atoms with Crippen LogP contribution in [0.4, 0.5) is 10.5 Å². The summed E-state index contributed by atoms with van der Waals surface area (Å²) in [6.07, 6.45) is 0.310. The number of likely N-dealkylation sites (tertiary alicyclic amines) is 1. The third kappa shape index (κ3) is 4.50. The highest BCUT2D eigenvalue weighted by Crippen LogP contribution is 2.30. The van der Waals surface area contributed by atoms with Gasteiger partial charge in [-0.3, -0.25) is 19.7 Å². The van der Waals surface area contributed by atoms with Crippen LogP contribution in [-0.2, 0) is 20.9 Å². The highest BCUT2D eigenvalue weighted by atomic mass is 16.6. The predicted molar refractivity (Wildman–Crippen MR) is 112 cm³/mol. The van der Waals surface area contributed by atoms with E-state index in [0.29, 0.717) is 44.1 Å². The zero-order chi connectivity index (χ0) is 22.3. The molecular weight excluding hydrogens is 400 g/mol. The number of imide groups is 1. The highest BCUT2D eigenvalue weighted by Gasteiger charge is 2.39. The summed E-state index contributed by atoms with van der Waals surface area (Å²) in [5.74, 6) is -0.543. The summed E-state index contributed by atoms with van der Waals surface area (Å²) in [6, 6.07) is 4.96. The van der Waals surface area contributed by atoms with Crippen LogP contribution in [0.25, 0.3) is 0 Å². The second kappa shape index (κ2) is 7.86. The largest absolute Gasteiger partial charge is 0.444 e. The molecule has 4 amide bonds. The van der Waals surface area contributed by atoms with Gasteiger partial charge in [-0.2, -0.15) is 0 Å². The second-order valence-electron chi connectivity index (χ2n) is 9.40. The van der Waals surface area contributed by atoms with Crippen LogP contribution in [0.3, 0.4) is 0 Å². The first kappa shape index (κ1) is 21.1. The molecule has 1 aromatic carbocycles. The van der Waals surface area contributed by atoms with E-state index in [-0.39, 0.29) is 24.3 Å². The molecule has 3 heterocycles. The van der Waals surface area contributed by atoms with Gasteiger partial charge in [0.1, 0.15) is 11.6 Å². The molecule has 9 nitrogen and oxygen atoms in total. The molecule has 0 radical (unpaired) electrons. The van der Waals surface area contributed by atoms with E-state index in [4.69, 9.17) is 4.74 Å². The van der Waals surface area contributed by atoms with Gasteiger partial charge in [0.2, 0.25) is 11.8 Å². The van der Waals surface area contributed by atoms with E-state index in [9.17, 15) is 19.2 Å². The van der Waals surface area contributed by atoms with Crippen molar-refractivity contribution in [2.24, 2.45) is 5.92 Å².